The lowest BCUT2D eigenvalue weighted by Gasteiger charge is -2.15. The van der Waals surface area contributed by atoms with Crippen LogP contribution in [0.1, 0.15) is 12.5 Å². The van der Waals surface area contributed by atoms with E-state index in [0.29, 0.717) is 42.2 Å². The molecule has 1 fully saturated rings. The van der Waals surface area contributed by atoms with Crippen LogP contribution in [0.15, 0.2) is 73.1 Å². The second-order valence-corrected chi connectivity index (χ2v) is 8.38. The first-order valence-electron chi connectivity index (χ1n) is 11.6. The van der Waals surface area contributed by atoms with Crippen molar-refractivity contribution in [2.45, 2.75) is 12.5 Å². The maximum Gasteiger partial charge on any atom is 0.246 e. The molecular formula is C26H27N7O2. The van der Waals surface area contributed by atoms with Crippen LogP contribution in [0.2, 0.25) is 0 Å². The monoisotopic (exact) mass is 469 g/mol. The topological polar surface area (TPSA) is 111 Å². The molecule has 1 aliphatic heterocycles. The first kappa shape index (κ1) is 22.5. The molecule has 9 nitrogen and oxygen atoms in total. The van der Waals surface area contributed by atoms with Crippen LogP contribution in [0, 0.1) is 0 Å². The molecule has 178 valence electrons. The van der Waals surface area contributed by atoms with Crippen molar-refractivity contribution in [1.82, 2.24) is 30.0 Å². The quantitative estimate of drug-likeness (QED) is 0.399. The minimum atomic E-state index is 0.00239. The highest BCUT2D eigenvalue weighted by Gasteiger charge is 2.30. The SMILES string of the molecule is CNCC=CC(=O)N1CCC(n2nc(-c3ccc(Oc4ccccc4)cc3)c3c(N)ncnc32)C1. The summed E-state index contributed by atoms with van der Waals surface area (Å²) in [4.78, 5) is 23.1. The van der Waals surface area contributed by atoms with Crippen LogP contribution in [0.4, 0.5) is 5.82 Å². The zero-order valence-corrected chi connectivity index (χ0v) is 19.5. The van der Waals surface area contributed by atoms with Gasteiger partial charge in [-0.2, -0.15) is 5.10 Å². The number of hydrogen-bond acceptors (Lipinski definition) is 7. The van der Waals surface area contributed by atoms with Crippen LogP contribution >= 0.6 is 0 Å². The number of rotatable bonds is 7. The number of aromatic nitrogens is 4. The molecule has 1 saturated heterocycles. The molecule has 0 radical (unpaired) electrons. The molecule has 1 atom stereocenters. The molecule has 3 heterocycles. The molecule has 35 heavy (non-hydrogen) atoms. The van der Waals surface area contributed by atoms with Crippen LogP contribution in [0.3, 0.4) is 0 Å². The Bertz CT molecular complexity index is 1350. The van der Waals surface area contributed by atoms with Gasteiger partial charge in [-0.25, -0.2) is 14.6 Å². The number of fused-ring (bicyclic) bond motifs is 1. The number of benzene rings is 2. The first-order chi connectivity index (χ1) is 17.1. The van der Waals surface area contributed by atoms with E-state index in [2.05, 4.69) is 15.3 Å². The molecular weight excluding hydrogens is 442 g/mol. The third kappa shape index (κ3) is 4.71. The minimum Gasteiger partial charge on any atom is -0.457 e. The van der Waals surface area contributed by atoms with E-state index in [4.69, 9.17) is 15.6 Å². The van der Waals surface area contributed by atoms with E-state index in [1.165, 1.54) is 6.33 Å². The van der Waals surface area contributed by atoms with Gasteiger partial charge in [-0.15, -0.1) is 0 Å². The fraction of sp³-hybridized carbons (Fsp3) is 0.231. The predicted octanol–water partition coefficient (Wildman–Crippen LogP) is 3.42. The Morgan fingerprint density at radius 3 is 2.69 bits per heavy atom. The van der Waals surface area contributed by atoms with Crippen LogP contribution in [-0.2, 0) is 4.79 Å². The molecule has 1 amide bonds. The minimum absolute atomic E-state index is 0.00239. The van der Waals surface area contributed by atoms with E-state index in [0.717, 1.165) is 23.5 Å². The van der Waals surface area contributed by atoms with Gasteiger partial charge in [0.05, 0.1) is 11.4 Å². The van der Waals surface area contributed by atoms with Gasteiger partial charge >= 0.3 is 0 Å². The molecule has 0 spiro atoms. The first-order valence-corrected chi connectivity index (χ1v) is 11.6. The number of nitrogens with one attached hydrogen (secondary N) is 1. The second kappa shape index (κ2) is 9.94. The van der Waals surface area contributed by atoms with Crippen molar-refractivity contribution in [2.75, 3.05) is 32.4 Å². The highest BCUT2D eigenvalue weighted by Crippen LogP contribution is 2.35. The lowest BCUT2D eigenvalue weighted by molar-refractivity contribution is -0.125. The second-order valence-electron chi connectivity index (χ2n) is 8.38. The molecule has 2 aromatic heterocycles. The van der Waals surface area contributed by atoms with Crippen LogP contribution in [-0.4, -0.2) is 57.2 Å². The molecule has 1 unspecified atom stereocenters. The lowest BCUT2D eigenvalue weighted by Crippen LogP contribution is -2.27. The Labute approximate surface area is 203 Å². The molecule has 1 aliphatic rings. The number of ether oxygens (including phenoxy) is 1. The molecule has 2 aromatic carbocycles. The Hall–Kier alpha value is -4.24. The maximum absolute atomic E-state index is 12.5. The zero-order chi connectivity index (χ0) is 24.2. The number of nitrogen functional groups attached to an aromatic ring is 1. The van der Waals surface area contributed by atoms with Gasteiger partial charge in [-0.05, 0) is 49.9 Å². The summed E-state index contributed by atoms with van der Waals surface area (Å²) >= 11 is 0. The number of carbonyl (C=O) groups excluding carboxylic acids is 1. The van der Waals surface area contributed by atoms with Crippen molar-refractivity contribution in [3.8, 4) is 22.8 Å². The maximum atomic E-state index is 12.5. The fourth-order valence-electron chi connectivity index (χ4n) is 4.28. The number of para-hydroxylation sites is 1. The van der Waals surface area contributed by atoms with E-state index >= 15 is 0 Å². The number of likely N-dealkylation sites (tertiary alicyclic amines) is 1. The summed E-state index contributed by atoms with van der Waals surface area (Å²) in [6.45, 7) is 1.88. The van der Waals surface area contributed by atoms with Gasteiger partial charge in [-0.3, -0.25) is 4.79 Å². The molecule has 4 aromatic rings. The standard InChI is InChI=1S/C26H27N7O2/c1-28-14-5-8-22(34)32-15-13-19(16-32)33-26-23(25(27)29-17-30-26)24(31-33)18-9-11-21(12-10-18)35-20-6-3-2-4-7-20/h2-12,17,19,28H,13-16H2,1H3,(H2,27,29,30). The van der Waals surface area contributed by atoms with Crippen molar-refractivity contribution in [3.63, 3.8) is 0 Å². The molecule has 0 aliphatic carbocycles. The number of nitrogens with zero attached hydrogens (tertiary/aromatic N) is 5. The average molecular weight is 470 g/mol. The molecule has 5 rings (SSSR count). The van der Waals surface area contributed by atoms with E-state index in [9.17, 15) is 4.79 Å². The highest BCUT2D eigenvalue weighted by atomic mass is 16.5. The Morgan fingerprint density at radius 2 is 1.91 bits per heavy atom. The Kier molecular flexibility index (Phi) is 6.40. The van der Waals surface area contributed by atoms with Crippen LogP contribution in [0.5, 0.6) is 11.5 Å². The van der Waals surface area contributed by atoms with Crippen LogP contribution < -0.4 is 15.8 Å². The number of nitrogens with two attached hydrogens (primary N) is 1. The van der Waals surface area contributed by atoms with E-state index < -0.39 is 0 Å². The van der Waals surface area contributed by atoms with E-state index in [1.807, 2.05) is 77.3 Å². The number of carbonyl (C=O) groups is 1. The summed E-state index contributed by atoms with van der Waals surface area (Å²) in [5.74, 6) is 1.88. The van der Waals surface area contributed by atoms with Gasteiger partial charge in [0, 0.05) is 31.3 Å². The fourth-order valence-corrected chi connectivity index (χ4v) is 4.28. The molecule has 3 N–H and O–H groups in total. The number of likely N-dealkylation sites (N-methyl/N-ethyl adjacent to an activating group) is 1. The summed E-state index contributed by atoms with van der Waals surface area (Å²) in [5.41, 5.74) is 8.54. The van der Waals surface area contributed by atoms with Gasteiger partial charge in [0.15, 0.2) is 5.65 Å². The number of amides is 1. The lowest BCUT2D eigenvalue weighted by atomic mass is 10.1. The molecule has 0 bridgehead atoms. The van der Waals surface area contributed by atoms with Gasteiger partial charge in [0.2, 0.25) is 5.91 Å². The normalized spacial score (nSPS) is 15.8. The van der Waals surface area contributed by atoms with Gasteiger partial charge < -0.3 is 20.7 Å². The summed E-state index contributed by atoms with van der Waals surface area (Å²) in [6, 6.07) is 17.3. The Morgan fingerprint density at radius 1 is 1.14 bits per heavy atom. The average Bonchev–Trinajstić information content (AvgIpc) is 3.51. The highest BCUT2D eigenvalue weighted by molar-refractivity contribution is 5.98. The van der Waals surface area contributed by atoms with Crippen molar-refractivity contribution in [1.29, 1.82) is 0 Å². The molecule has 9 heteroatoms. The number of anilines is 1. The van der Waals surface area contributed by atoms with Crippen molar-refractivity contribution in [3.05, 3.63) is 73.1 Å². The van der Waals surface area contributed by atoms with Crippen molar-refractivity contribution < 1.29 is 9.53 Å². The van der Waals surface area contributed by atoms with E-state index in [-0.39, 0.29) is 11.9 Å². The third-order valence-electron chi connectivity index (χ3n) is 6.03. The summed E-state index contributed by atoms with van der Waals surface area (Å²) in [6.07, 6.45) is 5.69. The van der Waals surface area contributed by atoms with Gasteiger partial charge in [0.1, 0.15) is 29.3 Å². The van der Waals surface area contributed by atoms with Crippen molar-refractivity contribution in [2.24, 2.45) is 0 Å². The van der Waals surface area contributed by atoms with Crippen LogP contribution in [0.25, 0.3) is 22.3 Å². The third-order valence-corrected chi connectivity index (χ3v) is 6.03. The smallest absolute Gasteiger partial charge is 0.246 e. The summed E-state index contributed by atoms with van der Waals surface area (Å²) < 4.78 is 7.80. The largest absolute Gasteiger partial charge is 0.457 e. The van der Waals surface area contributed by atoms with E-state index in [1.54, 1.807) is 6.08 Å². The van der Waals surface area contributed by atoms with Gasteiger partial charge in [-0.1, -0.05) is 24.3 Å². The predicted molar refractivity (Wildman–Crippen MR) is 135 cm³/mol. The Balaban J connectivity index is 1.42. The van der Waals surface area contributed by atoms with Gasteiger partial charge in [0.25, 0.3) is 0 Å². The number of hydrogen-bond donors (Lipinski definition) is 2. The zero-order valence-electron chi connectivity index (χ0n) is 19.5. The summed E-state index contributed by atoms with van der Waals surface area (Å²) in [5, 5.41) is 8.63. The summed E-state index contributed by atoms with van der Waals surface area (Å²) in [7, 11) is 1.85. The van der Waals surface area contributed by atoms with Crippen molar-refractivity contribution >= 4 is 22.8 Å². The molecule has 0 saturated carbocycles.